The number of hydrogen-bond acceptors (Lipinski definition) is 5. The number of aryl methyl sites for hydroxylation is 1. The molecule has 1 heterocycles. The molecular formula is C24H25N3O4. The minimum absolute atomic E-state index is 0.125. The molecular weight excluding hydrogens is 394 g/mol. The Morgan fingerprint density at radius 1 is 1.26 bits per heavy atom. The van der Waals surface area contributed by atoms with Gasteiger partial charge in [-0.25, -0.2) is 4.79 Å². The van der Waals surface area contributed by atoms with Crippen molar-refractivity contribution in [2.45, 2.75) is 52.7 Å². The SMILES string of the molecule is CC(=O)c1cccc(NC(=O)[C@H](C)OC(=O)/C(C#N)=C/c2cc(C)n(C3CC3)c2C)c1. The number of nitriles is 1. The predicted molar refractivity (Wildman–Crippen MR) is 116 cm³/mol. The highest BCUT2D eigenvalue weighted by molar-refractivity contribution is 6.02. The Labute approximate surface area is 181 Å². The molecule has 1 N–H and O–H groups in total. The number of benzene rings is 1. The number of amides is 1. The Kier molecular flexibility index (Phi) is 6.40. The maximum atomic E-state index is 12.5. The normalized spacial score (nSPS) is 14.5. The van der Waals surface area contributed by atoms with E-state index in [1.54, 1.807) is 24.3 Å². The molecule has 7 nitrogen and oxygen atoms in total. The Morgan fingerprint density at radius 3 is 2.58 bits per heavy atom. The van der Waals surface area contributed by atoms with Crippen molar-refractivity contribution in [3.8, 4) is 6.07 Å². The zero-order valence-electron chi connectivity index (χ0n) is 18.1. The molecule has 0 bridgehead atoms. The molecule has 1 aromatic heterocycles. The number of esters is 1. The van der Waals surface area contributed by atoms with E-state index in [9.17, 15) is 19.6 Å². The first-order valence-corrected chi connectivity index (χ1v) is 10.1. The maximum Gasteiger partial charge on any atom is 0.349 e. The highest BCUT2D eigenvalue weighted by Crippen LogP contribution is 2.38. The summed E-state index contributed by atoms with van der Waals surface area (Å²) in [6, 6.07) is 10.8. The van der Waals surface area contributed by atoms with Crippen molar-refractivity contribution in [1.82, 2.24) is 4.57 Å². The van der Waals surface area contributed by atoms with Crippen molar-refractivity contribution in [1.29, 1.82) is 5.26 Å². The summed E-state index contributed by atoms with van der Waals surface area (Å²) in [7, 11) is 0. The highest BCUT2D eigenvalue weighted by atomic mass is 16.5. The van der Waals surface area contributed by atoms with Gasteiger partial charge in [0.1, 0.15) is 11.6 Å². The van der Waals surface area contributed by atoms with Gasteiger partial charge < -0.3 is 14.6 Å². The Morgan fingerprint density at radius 2 is 1.97 bits per heavy atom. The number of Topliss-reactive ketones (excluding diaryl/α,β-unsaturated/α-hetero) is 1. The quantitative estimate of drug-likeness (QED) is 0.315. The van der Waals surface area contributed by atoms with Gasteiger partial charge in [0.05, 0.1) is 0 Å². The van der Waals surface area contributed by atoms with Gasteiger partial charge in [-0.15, -0.1) is 0 Å². The van der Waals surface area contributed by atoms with E-state index in [-0.39, 0.29) is 11.4 Å². The molecule has 31 heavy (non-hydrogen) atoms. The number of nitrogens with one attached hydrogen (secondary N) is 1. The number of aromatic nitrogens is 1. The number of rotatable bonds is 7. The predicted octanol–water partition coefficient (Wildman–Crippen LogP) is 4.12. The van der Waals surface area contributed by atoms with E-state index in [0.717, 1.165) is 29.8 Å². The number of hydrogen-bond donors (Lipinski definition) is 1. The number of nitrogens with zero attached hydrogens (tertiary/aromatic N) is 2. The van der Waals surface area contributed by atoms with Crippen LogP contribution in [0.2, 0.25) is 0 Å². The van der Waals surface area contributed by atoms with Gasteiger partial charge in [-0.05, 0) is 70.4 Å². The molecule has 7 heteroatoms. The molecule has 1 fully saturated rings. The van der Waals surface area contributed by atoms with Crippen LogP contribution in [0.25, 0.3) is 6.08 Å². The summed E-state index contributed by atoms with van der Waals surface area (Å²) in [6.45, 7) is 6.82. The van der Waals surface area contributed by atoms with Gasteiger partial charge in [0.25, 0.3) is 5.91 Å². The molecule has 0 radical (unpaired) electrons. The highest BCUT2D eigenvalue weighted by Gasteiger charge is 2.27. The van der Waals surface area contributed by atoms with Crippen molar-refractivity contribution in [2.24, 2.45) is 0 Å². The summed E-state index contributed by atoms with van der Waals surface area (Å²) in [5.41, 5.74) is 3.57. The fourth-order valence-corrected chi connectivity index (χ4v) is 3.47. The van der Waals surface area contributed by atoms with Crippen LogP contribution in [-0.2, 0) is 14.3 Å². The third kappa shape index (κ3) is 5.10. The summed E-state index contributed by atoms with van der Waals surface area (Å²) in [4.78, 5) is 36.4. The van der Waals surface area contributed by atoms with E-state index < -0.39 is 18.0 Å². The molecule has 0 saturated heterocycles. The molecule has 2 aromatic rings. The lowest BCUT2D eigenvalue weighted by molar-refractivity contribution is -0.148. The van der Waals surface area contributed by atoms with Crippen LogP contribution in [0.5, 0.6) is 0 Å². The summed E-state index contributed by atoms with van der Waals surface area (Å²) in [5.74, 6) is -1.54. The van der Waals surface area contributed by atoms with E-state index in [0.29, 0.717) is 17.3 Å². The standard InChI is InChI=1S/C24H25N3O4/c1-14-10-19(15(2)27(14)22-8-9-22)11-20(13-25)24(30)31-17(4)23(29)26-21-7-5-6-18(12-21)16(3)28/h5-7,10-12,17,22H,8-9H2,1-4H3,(H,26,29)/b20-11+/t17-/m0/s1. The average molecular weight is 419 g/mol. The van der Waals surface area contributed by atoms with Crippen LogP contribution in [0.15, 0.2) is 35.9 Å². The summed E-state index contributed by atoms with van der Waals surface area (Å²) in [5, 5.41) is 12.1. The van der Waals surface area contributed by atoms with Gasteiger partial charge in [-0.1, -0.05) is 12.1 Å². The fraction of sp³-hybridized carbons (Fsp3) is 0.333. The number of carbonyl (C=O) groups is 3. The van der Waals surface area contributed by atoms with Crippen LogP contribution >= 0.6 is 0 Å². The van der Waals surface area contributed by atoms with Crippen LogP contribution in [0.4, 0.5) is 5.69 Å². The van der Waals surface area contributed by atoms with Gasteiger partial charge in [0.2, 0.25) is 0 Å². The van der Waals surface area contributed by atoms with Crippen LogP contribution in [0.1, 0.15) is 60.0 Å². The zero-order chi connectivity index (χ0) is 22.7. The third-order valence-corrected chi connectivity index (χ3v) is 5.27. The zero-order valence-corrected chi connectivity index (χ0v) is 18.1. The number of ketones is 1. The number of carbonyl (C=O) groups excluding carboxylic acids is 3. The second kappa shape index (κ2) is 9.00. The molecule has 0 aliphatic heterocycles. The van der Waals surface area contributed by atoms with Gasteiger partial charge in [0.15, 0.2) is 11.9 Å². The summed E-state index contributed by atoms with van der Waals surface area (Å²) in [6.07, 6.45) is 2.65. The second-order valence-electron chi connectivity index (χ2n) is 7.77. The largest absolute Gasteiger partial charge is 0.448 e. The monoisotopic (exact) mass is 419 g/mol. The van der Waals surface area contributed by atoms with Gasteiger partial charge in [-0.2, -0.15) is 5.26 Å². The van der Waals surface area contributed by atoms with Crippen LogP contribution < -0.4 is 5.32 Å². The molecule has 1 atom stereocenters. The van der Waals surface area contributed by atoms with Crippen molar-refractivity contribution in [3.05, 3.63) is 58.4 Å². The van der Waals surface area contributed by atoms with Crippen LogP contribution in [0, 0.1) is 25.2 Å². The van der Waals surface area contributed by atoms with Gasteiger partial charge in [-0.3, -0.25) is 9.59 Å². The maximum absolute atomic E-state index is 12.5. The summed E-state index contributed by atoms with van der Waals surface area (Å²) >= 11 is 0. The van der Waals surface area contributed by atoms with Crippen molar-refractivity contribution in [3.63, 3.8) is 0 Å². The third-order valence-electron chi connectivity index (χ3n) is 5.27. The molecule has 160 valence electrons. The van der Waals surface area contributed by atoms with Crippen molar-refractivity contribution < 1.29 is 19.1 Å². The molecule has 1 saturated carbocycles. The Hall–Kier alpha value is -3.66. The first kappa shape index (κ1) is 22.0. The Balaban J connectivity index is 1.69. The minimum atomic E-state index is -1.12. The minimum Gasteiger partial charge on any atom is -0.448 e. The van der Waals surface area contributed by atoms with E-state index in [2.05, 4.69) is 9.88 Å². The van der Waals surface area contributed by atoms with E-state index >= 15 is 0 Å². The molecule has 1 aromatic carbocycles. The second-order valence-corrected chi connectivity index (χ2v) is 7.77. The summed E-state index contributed by atoms with van der Waals surface area (Å²) < 4.78 is 7.43. The van der Waals surface area contributed by atoms with Gasteiger partial charge >= 0.3 is 5.97 Å². The van der Waals surface area contributed by atoms with E-state index in [1.165, 1.54) is 19.9 Å². The number of anilines is 1. The lowest BCUT2D eigenvalue weighted by Crippen LogP contribution is -2.30. The first-order valence-electron chi connectivity index (χ1n) is 10.1. The number of ether oxygens (including phenoxy) is 1. The molecule has 0 spiro atoms. The van der Waals surface area contributed by atoms with Gasteiger partial charge in [0, 0.05) is 28.7 Å². The van der Waals surface area contributed by atoms with Crippen molar-refractivity contribution in [2.75, 3.05) is 5.32 Å². The molecule has 0 unspecified atom stereocenters. The van der Waals surface area contributed by atoms with E-state index in [4.69, 9.17) is 4.74 Å². The fourth-order valence-electron chi connectivity index (χ4n) is 3.47. The molecule has 1 aliphatic rings. The topological polar surface area (TPSA) is 101 Å². The smallest absolute Gasteiger partial charge is 0.349 e. The van der Waals surface area contributed by atoms with Crippen LogP contribution in [0.3, 0.4) is 0 Å². The van der Waals surface area contributed by atoms with E-state index in [1.807, 2.05) is 26.0 Å². The first-order chi connectivity index (χ1) is 14.7. The molecule has 1 amide bonds. The molecule has 3 rings (SSSR count). The average Bonchev–Trinajstić information content (AvgIpc) is 3.51. The Bertz CT molecular complexity index is 1120. The lowest BCUT2D eigenvalue weighted by atomic mass is 10.1. The van der Waals surface area contributed by atoms with Crippen LogP contribution in [-0.4, -0.2) is 28.3 Å². The molecule has 1 aliphatic carbocycles. The van der Waals surface area contributed by atoms with Crippen molar-refractivity contribution >= 4 is 29.4 Å². The lowest BCUT2D eigenvalue weighted by Gasteiger charge is -2.13.